The second-order valence-corrected chi connectivity index (χ2v) is 7.12. The minimum atomic E-state index is -3.67. The molecule has 0 saturated carbocycles. The standard InChI is InChI=1S/C16H19N3O2S2/c1-12(14-7-9-15(10-8-14)23(17,20)21)19-16(22)18-11-13-5-3-2-4-6-13/h2-10,12H,11H2,1H3,(H2,17,20,21)(H2,18,19,22)/t12-/m1/s1. The highest BCUT2D eigenvalue weighted by atomic mass is 32.2. The van der Waals surface area contributed by atoms with Crippen LogP contribution in [0, 0.1) is 0 Å². The van der Waals surface area contributed by atoms with Gasteiger partial charge in [-0.2, -0.15) is 0 Å². The van der Waals surface area contributed by atoms with Crippen molar-refractivity contribution >= 4 is 27.4 Å². The Morgan fingerprint density at radius 2 is 1.74 bits per heavy atom. The van der Waals surface area contributed by atoms with Crippen LogP contribution in [0.2, 0.25) is 0 Å². The molecule has 1 atom stereocenters. The number of primary sulfonamides is 1. The Morgan fingerprint density at radius 3 is 2.30 bits per heavy atom. The largest absolute Gasteiger partial charge is 0.359 e. The van der Waals surface area contributed by atoms with Crippen molar-refractivity contribution in [2.75, 3.05) is 0 Å². The van der Waals surface area contributed by atoms with Crippen molar-refractivity contribution in [2.24, 2.45) is 5.14 Å². The normalized spacial score (nSPS) is 12.4. The van der Waals surface area contributed by atoms with Crippen LogP contribution in [-0.2, 0) is 16.6 Å². The molecule has 0 aliphatic carbocycles. The third kappa shape index (κ3) is 5.31. The topological polar surface area (TPSA) is 84.2 Å². The van der Waals surface area contributed by atoms with E-state index in [4.69, 9.17) is 17.4 Å². The monoisotopic (exact) mass is 349 g/mol. The maximum Gasteiger partial charge on any atom is 0.238 e. The van der Waals surface area contributed by atoms with E-state index >= 15 is 0 Å². The number of hydrogen-bond donors (Lipinski definition) is 3. The lowest BCUT2D eigenvalue weighted by atomic mass is 10.1. The van der Waals surface area contributed by atoms with E-state index in [1.807, 2.05) is 37.3 Å². The first-order valence-corrected chi connectivity index (χ1v) is 9.03. The van der Waals surface area contributed by atoms with Crippen LogP contribution in [0.3, 0.4) is 0 Å². The van der Waals surface area contributed by atoms with Gasteiger partial charge in [0.1, 0.15) is 0 Å². The van der Waals surface area contributed by atoms with Crippen LogP contribution < -0.4 is 15.8 Å². The van der Waals surface area contributed by atoms with Crippen LogP contribution in [0.25, 0.3) is 0 Å². The number of nitrogens with one attached hydrogen (secondary N) is 2. The fourth-order valence-electron chi connectivity index (χ4n) is 2.06. The van der Waals surface area contributed by atoms with Crippen molar-refractivity contribution in [3.8, 4) is 0 Å². The lowest BCUT2D eigenvalue weighted by molar-refractivity contribution is 0.597. The number of hydrogen-bond acceptors (Lipinski definition) is 3. The molecule has 0 amide bonds. The summed E-state index contributed by atoms with van der Waals surface area (Å²) in [6.45, 7) is 2.59. The van der Waals surface area contributed by atoms with Gasteiger partial charge in [-0.05, 0) is 42.4 Å². The van der Waals surface area contributed by atoms with Gasteiger partial charge in [-0.1, -0.05) is 42.5 Å². The van der Waals surface area contributed by atoms with E-state index in [1.54, 1.807) is 12.1 Å². The Balaban J connectivity index is 1.90. The smallest absolute Gasteiger partial charge is 0.238 e. The summed E-state index contributed by atoms with van der Waals surface area (Å²) < 4.78 is 22.5. The summed E-state index contributed by atoms with van der Waals surface area (Å²) >= 11 is 5.28. The lowest BCUT2D eigenvalue weighted by Crippen LogP contribution is -2.36. The molecule has 2 aromatic carbocycles. The van der Waals surface area contributed by atoms with Crippen molar-refractivity contribution in [1.82, 2.24) is 10.6 Å². The van der Waals surface area contributed by atoms with Crippen LogP contribution in [0.1, 0.15) is 24.1 Å². The first kappa shape index (κ1) is 17.4. The van der Waals surface area contributed by atoms with Gasteiger partial charge in [-0.25, -0.2) is 13.6 Å². The zero-order valence-electron chi connectivity index (χ0n) is 12.7. The highest BCUT2D eigenvalue weighted by Crippen LogP contribution is 2.15. The summed E-state index contributed by atoms with van der Waals surface area (Å²) in [4.78, 5) is 0.0956. The van der Waals surface area contributed by atoms with E-state index in [1.165, 1.54) is 12.1 Å². The van der Waals surface area contributed by atoms with Crippen LogP contribution in [0.15, 0.2) is 59.5 Å². The van der Waals surface area contributed by atoms with Crippen LogP contribution in [0.5, 0.6) is 0 Å². The molecule has 5 nitrogen and oxygen atoms in total. The SMILES string of the molecule is C[C@@H](NC(=S)NCc1ccccc1)c1ccc(S(N)(=O)=O)cc1. The summed E-state index contributed by atoms with van der Waals surface area (Å²) in [5, 5.41) is 11.9. The fraction of sp³-hybridized carbons (Fsp3) is 0.188. The quantitative estimate of drug-likeness (QED) is 0.720. The zero-order valence-corrected chi connectivity index (χ0v) is 14.3. The van der Waals surface area contributed by atoms with Gasteiger partial charge in [0.05, 0.1) is 10.9 Å². The third-order valence-corrected chi connectivity index (χ3v) is 4.54. The molecule has 0 fully saturated rings. The predicted molar refractivity (Wildman–Crippen MR) is 95.2 cm³/mol. The van der Waals surface area contributed by atoms with Gasteiger partial charge < -0.3 is 10.6 Å². The van der Waals surface area contributed by atoms with E-state index in [0.717, 1.165) is 11.1 Å². The molecule has 2 rings (SSSR count). The van der Waals surface area contributed by atoms with E-state index in [0.29, 0.717) is 11.7 Å². The molecular formula is C16H19N3O2S2. The predicted octanol–water partition coefficient (Wildman–Crippen LogP) is 2.06. The Labute approximate surface area is 142 Å². The lowest BCUT2D eigenvalue weighted by Gasteiger charge is -2.17. The molecule has 7 heteroatoms. The second-order valence-electron chi connectivity index (χ2n) is 5.15. The molecule has 0 unspecified atom stereocenters. The molecule has 2 aromatic rings. The maximum absolute atomic E-state index is 11.2. The van der Waals surface area contributed by atoms with Crippen LogP contribution in [-0.4, -0.2) is 13.5 Å². The molecule has 0 radical (unpaired) electrons. The van der Waals surface area contributed by atoms with E-state index in [-0.39, 0.29) is 10.9 Å². The van der Waals surface area contributed by atoms with Gasteiger partial charge >= 0.3 is 0 Å². The Morgan fingerprint density at radius 1 is 1.13 bits per heavy atom. The molecular weight excluding hydrogens is 330 g/mol. The van der Waals surface area contributed by atoms with Gasteiger partial charge in [-0.15, -0.1) is 0 Å². The minimum Gasteiger partial charge on any atom is -0.359 e. The highest BCUT2D eigenvalue weighted by molar-refractivity contribution is 7.89. The average molecular weight is 349 g/mol. The maximum atomic E-state index is 11.2. The number of thiocarbonyl (C=S) groups is 1. The van der Waals surface area contributed by atoms with Crippen molar-refractivity contribution in [1.29, 1.82) is 0 Å². The molecule has 122 valence electrons. The van der Waals surface area contributed by atoms with Crippen molar-refractivity contribution < 1.29 is 8.42 Å². The minimum absolute atomic E-state index is 0.0553. The van der Waals surface area contributed by atoms with E-state index < -0.39 is 10.0 Å². The number of benzene rings is 2. The number of nitrogens with two attached hydrogens (primary N) is 1. The first-order valence-electron chi connectivity index (χ1n) is 7.07. The third-order valence-electron chi connectivity index (χ3n) is 3.35. The fourth-order valence-corrected chi connectivity index (χ4v) is 2.82. The highest BCUT2D eigenvalue weighted by Gasteiger charge is 2.10. The van der Waals surface area contributed by atoms with Gasteiger partial charge in [0.2, 0.25) is 10.0 Å². The Bertz CT molecular complexity index is 760. The van der Waals surface area contributed by atoms with Crippen LogP contribution in [0.4, 0.5) is 0 Å². The molecule has 0 aliphatic rings. The van der Waals surface area contributed by atoms with Crippen molar-refractivity contribution in [2.45, 2.75) is 24.4 Å². The zero-order chi connectivity index (χ0) is 16.9. The van der Waals surface area contributed by atoms with Gasteiger partial charge in [0, 0.05) is 6.54 Å². The molecule has 0 heterocycles. The van der Waals surface area contributed by atoms with Crippen molar-refractivity contribution in [3.05, 3.63) is 65.7 Å². The molecule has 4 N–H and O–H groups in total. The van der Waals surface area contributed by atoms with E-state index in [2.05, 4.69) is 10.6 Å². The van der Waals surface area contributed by atoms with Gasteiger partial charge in [0.15, 0.2) is 5.11 Å². The number of sulfonamides is 1. The van der Waals surface area contributed by atoms with Crippen molar-refractivity contribution in [3.63, 3.8) is 0 Å². The summed E-state index contributed by atoms with van der Waals surface area (Å²) in [5.74, 6) is 0. The molecule has 0 saturated heterocycles. The van der Waals surface area contributed by atoms with Gasteiger partial charge in [0.25, 0.3) is 0 Å². The Kier molecular flexibility index (Phi) is 5.70. The second kappa shape index (κ2) is 7.54. The Hall–Kier alpha value is -1.96. The molecule has 0 aliphatic heterocycles. The van der Waals surface area contributed by atoms with Crippen LogP contribution >= 0.6 is 12.2 Å². The summed E-state index contributed by atoms with van der Waals surface area (Å²) in [5.41, 5.74) is 2.06. The summed E-state index contributed by atoms with van der Waals surface area (Å²) in [7, 11) is -3.67. The summed E-state index contributed by atoms with van der Waals surface area (Å²) in [6.07, 6.45) is 0. The summed E-state index contributed by atoms with van der Waals surface area (Å²) in [6, 6.07) is 16.3. The molecule has 23 heavy (non-hydrogen) atoms. The molecule has 0 aromatic heterocycles. The molecule has 0 spiro atoms. The number of rotatable bonds is 5. The average Bonchev–Trinajstić information content (AvgIpc) is 2.53. The molecule has 0 bridgehead atoms. The van der Waals surface area contributed by atoms with Gasteiger partial charge in [-0.3, -0.25) is 0 Å². The first-order chi connectivity index (χ1) is 10.9. The van der Waals surface area contributed by atoms with E-state index in [9.17, 15) is 8.42 Å².